The summed E-state index contributed by atoms with van der Waals surface area (Å²) in [6.07, 6.45) is 1.83. The number of hydrogen-bond acceptors (Lipinski definition) is 1. The van der Waals surface area contributed by atoms with Gasteiger partial charge in [-0.2, -0.15) is 0 Å². The third-order valence-electron chi connectivity index (χ3n) is 2.13. The number of ether oxygens (including phenoxy) is 1. The van der Waals surface area contributed by atoms with Gasteiger partial charge in [0.25, 0.3) is 0 Å². The van der Waals surface area contributed by atoms with Gasteiger partial charge in [0, 0.05) is 5.92 Å². The van der Waals surface area contributed by atoms with Crippen LogP contribution in [0.2, 0.25) is 0 Å². The number of allylic oxidation sites excluding steroid dienone is 1. The molecular weight excluding hydrogens is 172 g/mol. The van der Waals surface area contributed by atoms with Gasteiger partial charge in [-0.25, -0.2) is 0 Å². The predicted molar refractivity (Wildman–Crippen MR) is 59.7 cm³/mol. The van der Waals surface area contributed by atoms with Crippen LogP contribution in [0.5, 0.6) is 0 Å². The van der Waals surface area contributed by atoms with Crippen molar-refractivity contribution in [2.24, 2.45) is 5.92 Å². The highest BCUT2D eigenvalue weighted by molar-refractivity contribution is 5.14. The molecule has 0 N–H and O–H groups in total. The van der Waals surface area contributed by atoms with Crippen molar-refractivity contribution >= 4 is 0 Å². The molecule has 0 aliphatic rings. The first-order chi connectivity index (χ1) is 6.74. The van der Waals surface area contributed by atoms with E-state index in [1.165, 1.54) is 0 Å². The molecule has 0 saturated carbocycles. The van der Waals surface area contributed by atoms with E-state index in [1.54, 1.807) is 0 Å². The van der Waals surface area contributed by atoms with Crippen molar-refractivity contribution in [2.75, 3.05) is 0 Å². The van der Waals surface area contributed by atoms with Crippen molar-refractivity contribution in [3.8, 4) is 0 Å². The van der Waals surface area contributed by atoms with E-state index in [-0.39, 0.29) is 5.92 Å². The molecule has 14 heavy (non-hydrogen) atoms. The summed E-state index contributed by atoms with van der Waals surface area (Å²) in [7, 11) is 0. The molecule has 1 rings (SSSR count). The molecule has 0 amide bonds. The van der Waals surface area contributed by atoms with Crippen LogP contribution in [0.1, 0.15) is 12.5 Å². The molecule has 1 aromatic rings. The van der Waals surface area contributed by atoms with E-state index < -0.39 is 0 Å². The maximum Gasteiger partial charge on any atom is 0.113 e. The Kier molecular flexibility index (Phi) is 3.99. The lowest BCUT2D eigenvalue weighted by Crippen LogP contribution is -1.99. The fourth-order valence-electron chi connectivity index (χ4n) is 1.01. The highest BCUT2D eigenvalue weighted by atomic mass is 16.5. The van der Waals surface area contributed by atoms with Gasteiger partial charge < -0.3 is 4.74 Å². The molecule has 1 unspecified atom stereocenters. The lowest BCUT2D eigenvalue weighted by Gasteiger charge is -2.12. The van der Waals surface area contributed by atoms with Crippen LogP contribution in [0.4, 0.5) is 0 Å². The molecule has 1 nitrogen and oxygen atoms in total. The van der Waals surface area contributed by atoms with Crippen molar-refractivity contribution in [1.29, 1.82) is 0 Å². The Bertz CT molecular complexity index is 300. The van der Waals surface area contributed by atoms with E-state index in [9.17, 15) is 0 Å². The Morgan fingerprint density at radius 2 is 2.07 bits per heavy atom. The van der Waals surface area contributed by atoms with Crippen LogP contribution in [0, 0.1) is 5.92 Å². The van der Waals surface area contributed by atoms with Gasteiger partial charge in [-0.1, -0.05) is 49.9 Å². The minimum Gasteiger partial charge on any atom is -0.493 e. The smallest absolute Gasteiger partial charge is 0.113 e. The summed E-state index contributed by atoms with van der Waals surface area (Å²) in [4.78, 5) is 0. The first-order valence-corrected chi connectivity index (χ1v) is 4.72. The largest absolute Gasteiger partial charge is 0.493 e. The second kappa shape index (κ2) is 5.28. The summed E-state index contributed by atoms with van der Waals surface area (Å²) < 4.78 is 5.52. The van der Waals surface area contributed by atoms with Crippen LogP contribution in [-0.2, 0) is 11.3 Å². The van der Waals surface area contributed by atoms with Crippen LogP contribution >= 0.6 is 0 Å². The van der Waals surface area contributed by atoms with Gasteiger partial charge in [0.05, 0.1) is 5.76 Å². The minimum absolute atomic E-state index is 0.207. The van der Waals surface area contributed by atoms with Crippen molar-refractivity contribution in [1.82, 2.24) is 0 Å². The van der Waals surface area contributed by atoms with Crippen molar-refractivity contribution in [2.45, 2.75) is 13.5 Å². The molecule has 0 aliphatic carbocycles. The molecule has 0 fully saturated rings. The zero-order valence-electron chi connectivity index (χ0n) is 8.57. The van der Waals surface area contributed by atoms with E-state index in [1.807, 2.05) is 43.3 Å². The maximum absolute atomic E-state index is 5.52. The third kappa shape index (κ3) is 3.09. The second-order valence-corrected chi connectivity index (χ2v) is 3.26. The second-order valence-electron chi connectivity index (χ2n) is 3.26. The Morgan fingerprint density at radius 1 is 1.43 bits per heavy atom. The standard InChI is InChI=1S/C13H16O/c1-4-11(2)12(3)14-10-13-8-6-5-7-9-13/h4-9,11H,1,3,10H2,2H3. The number of benzene rings is 1. The summed E-state index contributed by atoms with van der Waals surface area (Å²) in [5.74, 6) is 0.975. The quantitative estimate of drug-likeness (QED) is 0.507. The zero-order valence-corrected chi connectivity index (χ0v) is 8.57. The predicted octanol–water partition coefficient (Wildman–Crippen LogP) is 3.54. The maximum atomic E-state index is 5.52. The highest BCUT2D eigenvalue weighted by Crippen LogP contribution is 2.13. The lowest BCUT2D eigenvalue weighted by atomic mass is 10.1. The molecule has 1 atom stereocenters. The van der Waals surface area contributed by atoms with E-state index in [0.29, 0.717) is 6.61 Å². The van der Waals surface area contributed by atoms with Gasteiger partial charge in [0.15, 0.2) is 0 Å². The summed E-state index contributed by atoms with van der Waals surface area (Å²) in [6.45, 7) is 10.1. The fraction of sp³-hybridized carbons (Fsp3) is 0.231. The van der Waals surface area contributed by atoms with Gasteiger partial charge >= 0.3 is 0 Å². The Morgan fingerprint density at radius 3 is 2.64 bits per heavy atom. The van der Waals surface area contributed by atoms with Crippen molar-refractivity contribution < 1.29 is 4.74 Å². The number of rotatable bonds is 5. The molecule has 0 spiro atoms. The summed E-state index contributed by atoms with van der Waals surface area (Å²) in [5.41, 5.74) is 1.16. The normalized spacial score (nSPS) is 11.8. The SMILES string of the molecule is C=CC(C)C(=C)OCc1ccccc1. The van der Waals surface area contributed by atoms with E-state index in [2.05, 4.69) is 13.2 Å². The third-order valence-corrected chi connectivity index (χ3v) is 2.13. The van der Waals surface area contributed by atoms with Gasteiger partial charge in [0.2, 0.25) is 0 Å². The molecule has 0 radical (unpaired) electrons. The van der Waals surface area contributed by atoms with Crippen LogP contribution in [0.3, 0.4) is 0 Å². The minimum atomic E-state index is 0.207. The summed E-state index contributed by atoms with van der Waals surface area (Å²) in [6, 6.07) is 10.1. The van der Waals surface area contributed by atoms with Crippen molar-refractivity contribution in [3.63, 3.8) is 0 Å². The summed E-state index contributed by atoms with van der Waals surface area (Å²) in [5, 5.41) is 0. The van der Waals surface area contributed by atoms with Crippen molar-refractivity contribution in [3.05, 3.63) is 60.9 Å². The number of hydrogen-bond donors (Lipinski definition) is 0. The topological polar surface area (TPSA) is 9.23 Å². The van der Waals surface area contributed by atoms with E-state index >= 15 is 0 Å². The molecule has 1 aromatic carbocycles. The molecule has 74 valence electrons. The molecule has 0 heterocycles. The fourth-order valence-corrected chi connectivity index (χ4v) is 1.01. The molecule has 0 saturated heterocycles. The Labute approximate surface area is 85.7 Å². The highest BCUT2D eigenvalue weighted by Gasteiger charge is 2.02. The van der Waals surface area contributed by atoms with Gasteiger partial charge in [-0.05, 0) is 5.56 Å². The monoisotopic (exact) mass is 188 g/mol. The zero-order chi connectivity index (χ0) is 10.4. The van der Waals surface area contributed by atoms with Crippen LogP contribution in [0.25, 0.3) is 0 Å². The lowest BCUT2D eigenvalue weighted by molar-refractivity contribution is 0.179. The average Bonchev–Trinajstić information content (AvgIpc) is 2.26. The van der Waals surface area contributed by atoms with Gasteiger partial charge in [-0.15, -0.1) is 6.58 Å². The average molecular weight is 188 g/mol. The van der Waals surface area contributed by atoms with Crippen LogP contribution < -0.4 is 0 Å². The molecule has 0 aromatic heterocycles. The summed E-state index contributed by atoms with van der Waals surface area (Å²) >= 11 is 0. The van der Waals surface area contributed by atoms with Gasteiger partial charge in [0.1, 0.15) is 6.61 Å². The Balaban J connectivity index is 2.42. The Hall–Kier alpha value is -1.50. The van der Waals surface area contributed by atoms with Crippen LogP contribution in [0.15, 0.2) is 55.3 Å². The molecule has 0 bridgehead atoms. The molecule has 1 heteroatoms. The van der Waals surface area contributed by atoms with Gasteiger partial charge in [-0.3, -0.25) is 0 Å². The first-order valence-electron chi connectivity index (χ1n) is 4.72. The molecular formula is C13H16O. The van der Waals surface area contributed by atoms with Crippen LogP contribution in [-0.4, -0.2) is 0 Å². The van der Waals surface area contributed by atoms with E-state index in [0.717, 1.165) is 11.3 Å². The molecule has 0 aliphatic heterocycles. The van der Waals surface area contributed by atoms with E-state index in [4.69, 9.17) is 4.74 Å². The first kappa shape index (κ1) is 10.6.